The van der Waals surface area contributed by atoms with Crippen molar-refractivity contribution < 1.29 is 14.5 Å². The lowest BCUT2D eigenvalue weighted by Crippen LogP contribution is -2.34. The standard InChI is InChI=1S/C18H19N3O4S/c1-3-12(2)25-16-6-4-5-14(11-16)19-18(26)20-17(22)13-7-9-15(10-8-13)21(23)24/h4-12H,3H2,1-2H3,(H2,19,20,22,26). The van der Waals surface area contributed by atoms with Crippen LogP contribution in [0.15, 0.2) is 48.5 Å². The first-order chi connectivity index (χ1) is 12.4. The molecule has 0 aliphatic carbocycles. The number of thiocarbonyl (C=S) groups is 1. The first kappa shape index (κ1) is 19.3. The number of hydrogen-bond donors (Lipinski definition) is 2. The number of nitro benzene ring substituents is 1. The molecule has 1 amide bonds. The van der Waals surface area contributed by atoms with Crippen LogP contribution in [0.25, 0.3) is 0 Å². The molecular formula is C18H19N3O4S. The maximum atomic E-state index is 12.1. The van der Waals surface area contributed by atoms with E-state index < -0.39 is 10.8 Å². The highest BCUT2D eigenvalue weighted by molar-refractivity contribution is 7.80. The van der Waals surface area contributed by atoms with Gasteiger partial charge in [-0.05, 0) is 49.8 Å². The first-order valence-corrected chi connectivity index (χ1v) is 8.43. The molecule has 0 saturated heterocycles. The summed E-state index contributed by atoms with van der Waals surface area (Å²) in [6.07, 6.45) is 0.987. The van der Waals surface area contributed by atoms with Crippen LogP contribution in [0.5, 0.6) is 5.75 Å². The van der Waals surface area contributed by atoms with Gasteiger partial charge in [0.2, 0.25) is 0 Å². The van der Waals surface area contributed by atoms with Gasteiger partial charge >= 0.3 is 0 Å². The van der Waals surface area contributed by atoms with Crippen molar-refractivity contribution in [1.82, 2.24) is 5.32 Å². The summed E-state index contributed by atoms with van der Waals surface area (Å²) < 4.78 is 5.74. The van der Waals surface area contributed by atoms with Gasteiger partial charge in [-0.2, -0.15) is 0 Å². The number of nitro groups is 1. The normalized spacial score (nSPS) is 11.3. The van der Waals surface area contributed by atoms with E-state index in [4.69, 9.17) is 17.0 Å². The average Bonchev–Trinajstić information content (AvgIpc) is 2.61. The van der Waals surface area contributed by atoms with Crippen LogP contribution < -0.4 is 15.4 Å². The number of carbonyl (C=O) groups excluding carboxylic acids is 1. The topological polar surface area (TPSA) is 93.5 Å². The highest BCUT2D eigenvalue weighted by atomic mass is 32.1. The van der Waals surface area contributed by atoms with Gasteiger partial charge < -0.3 is 10.1 Å². The predicted octanol–water partition coefficient (Wildman–Crippen LogP) is 3.90. The summed E-state index contributed by atoms with van der Waals surface area (Å²) in [5.74, 6) is 0.248. The van der Waals surface area contributed by atoms with E-state index in [2.05, 4.69) is 10.6 Å². The molecule has 0 heterocycles. The maximum Gasteiger partial charge on any atom is 0.269 e. The maximum absolute atomic E-state index is 12.1. The Bertz CT molecular complexity index is 808. The van der Waals surface area contributed by atoms with E-state index in [1.165, 1.54) is 24.3 Å². The van der Waals surface area contributed by atoms with Gasteiger partial charge in [0.15, 0.2) is 5.11 Å². The van der Waals surface area contributed by atoms with Gasteiger partial charge in [0.25, 0.3) is 11.6 Å². The fourth-order valence-corrected chi connectivity index (χ4v) is 2.25. The SMILES string of the molecule is CCC(C)Oc1cccc(NC(=S)NC(=O)c2ccc([N+](=O)[O-])cc2)c1. The molecule has 0 spiro atoms. The molecule has 1 unspecified atom stereocenters. The molecule has 26 heavy (non-hydrogen) atoms. The molecule has 1 atom stereocenters. The molecule has 0 aliphatic rings. The lowest BCUT2D eigenvalue weighted by atomic mass is 10.2. The van der Waals surface area contributed by atoms with Crippen LogP contribution in [0.1, 0.15) is 30.6 Å². The Labute approximate surface area is 156 Å². The number of anilines is 1. The van der Waals surface area contributed by atoms with Gasteiger partial charge in [-0.3, -0.25) is 20.2 Å². The molecule has 2 N–H and O–H groups in total. The van der Waals surface area contributed by atoms with Gasteiger partial charge in [0, 0.05) is 29.4 Å². The van der Waals surface area contributed by atoms with Gasteiger partial charge in [0.1, 0.15) is 5.75 Å². The van der Waals surface area contributed by atoms with Crippen LogP contribution in [0.4, 0.5) is 11.4 Å². The van der Waals surface area contributed by atoms with Gasteiger partial charge in [-0.1, -0.05) is 13.0 Å². The molecule has 0 aromatic heterocycles. The minimum absolute atomic E-state index is 0.0830. The number of carbonyl (C=O) groups is 1. The molecule has 0 bridgehead atoms. The van der Waals surface area contributed by atoms with E-state index in [-0.39, 0.29) is 22.5 Å². The summed E-state index contributed by atoms with van der Waals surface area (Å²) in [5, 5.41) is 16.2. The third-order valence-electron chi connectivity index (χ3n) is 3.57. The fraction of sp³-hybridized carbons (Fsp3) is 0.222. The van der Waals surface area contributed by atoms with Crippen LogP contribution in [0.2, 0.25) is 0 Å². The van der Waals surface area contributed by atoms with E-state index >= 15 is 0 Å². The zero-order chi connectivity index (χ0) is 19.1. The van der Waals surface area contributed by atoms with Crippen LogP contribution >= 0.6 is 12.2 Å². The van der Waals surface area contributed by atoms with Crippen molar-refractivity contribution in [2.24, 2.45) is 0 Å². The van der Waals surface area contributed by atoms with Crippen molar-refractivity contribution in [3.05, 3.63) is 64.2 Å². The number of nitrogens with zero attached hydrogens (tertiary/aromatic N) is 1. The van der Waals surface area contributed by atoms with Crippen molar-refractivity contribution in [3.63, 3.8) is 0 Å². The minimum atomic E-state index is -0.525. The summed E-state index contributed by atoms with van der Waals surface area (Å²) in [7, 11) is 0. The Morgan fingerprint density at radius 1 is 1.27 bits per heavy atom. The zero-order valence-corrected chi connectivity index (χ0v) is 15.2. The van der Waals surface area contributed by atoms with E-state index in [9.17, 15) is 14.9 Å². The summed E-state index contributed by atoms with van der Waals surface area (Å²) in [4.78, 5) is 22.3. The smallest absolute Gasteiger partial charge is 0.269 e. The summed E-state index contributed by atoms with van der Waals surface area (Å²) in [6.45, 7) is 4.02. The second kappa shape index (κ2) is 8.91. The molecule has 8 heteroatoms. The highest BCUT2D eigenvalue weighted by Crippen LogP contribution is 2.19. The second-order valence-corrected chi connectivity index (χ2v) is 5.99. The summed E-state index contributed by atoms with van der Waals surface area (Å²) in [5.41, 5.74) is 0.869. The molecule has 136 valence electrons. The number of ether oxygens (including phenoxy) is 1. The van der Waals surface area contributed by atoms with Crippen LogP contribution in [0, 0.1) is 10.1 Å². The van der Waals surface area contributed by atoms with Crippen molar-refractivity contribution in [2.45, 2.75) is 26.4 Å². The number of hydrogen-bond acceptors (Lipinski definition) is 5. The van der Waals surface area contributed by atoms with Crippen molar-refractivity contribution in [1.29, 1.82) is 0 Å². The second-order valence-electron chi connectivity index (χ2n) is 5.58. The lowest BCUT2D eigenvalue weighted by Gasteiger charge is -2.14. The Morgan fingerprint density at radius 3 is 2.58 bits per heavy atom. The molecule has 0 saturated carbocycles. The Balaban J connectivity index is 1.96. The molecular weight excluding hydrogens is 354 g/mol. The van der Waals surface area contributed by atoms with Crippen molar-refractivity contribution >= 4 is 34.6 Å². The van der Waals surface area contributed by atoms with Crippen LogP contribution in [-0.2, 0) is 0 Å². The number of rotatable bonds is 6. The summed E-state index contributed by atoms with van der Waals surface area (Å²) >= 11 is 5.14. The molecule has 2 aromatic carbocycles. The predicted molar refractivity (Wildman–Crippen MR) is 104 cm³/mol. The highest BCUT2D eigenvalue weighted by Gasteiger charge is 2.11. The Hall–Kier alpha value is -3.00. The van der Waals surface area contributed by atoms with Gasteiger partial charge in [0.05, 0.1) is 11.0 Å². The number of benzene rings is 2. The largest absolute Gasteiger partial charge is 0.491 e. The number of amides is 1. The average molecular weight is 373 g/mol. The molecule has 0 radical (unpaired) electrons. The third kappa shape index (κ3) is 5.52. The van der Waals surface area contributed by atoms with Crippen molar-refractivity contribution in [3.8, 4) is 5.75 Å². The van der Waals surface area contributed by atoms with Gasteiger partial charge in [-0.15, -0.1) is 0 Å². The van der Waals surface area contributed by atoms with Crippen LogP contribution in [-0.4, -0.2) is 22.0 Å². The first-order valence-electron chi connectivity index (χ1n) is 8.02. The number of non-ortho nitro benzene ring substituents is 1. The zero-order valence-electron chi connectivity index (χ0n) is 14.4. The fourth-order valence-electron chi connectivity index (χ4n) is 2.03. The Kier molecular flexibility index (Phi) is 6.62. The van der Waals surface area contributed by atoms with E-state index in [1.54, 1.807) is 12.1 Å². The van der Waals surface area contributed by atoms with Crippen LogP contribution in [0.3, 0.4) is 0 Å². The minimum Gasteiger partial charge on any atom is -0.491 e. The molecule has 7 nitrogen and oxygen atoms in total. The van der Waals surface area contributed by atoms with E-state index in [0.29, 0.717) is 11.4 Å². The molecule has 2 rings (SSSR count). The molecule has 2 aromatic rings. The quantitative estimate of drug-likeness (QED) is 0.453. The van der Waals surface area contributed by atoms with E-state index in [1.807, 2.05) is 26.0 Å². The Morgan fingerprint density at radius 2 is 1.96 bits per heavy atom. The molecule has 0 fully saturated rings. The molecule has 0 aliphatic heterocycles. The third-order valence-corrected chi connectivity index (χ3v) is 3.78. The van der Waals surface area contributed by atoms with Crippen molar-refractivity contribution in [2.75, 3.05) is 5.32 Å². The number of nitrogens with one attached hydrogen (secondary N) is 2. The monoisotopic (exact) mass is 373 g/mol. The van der Waals surface area contributed by atoms with E-state index in [0.717, 1.165) is 6.42 Å². The summed E-state index contributed by atoms with van der Waals surface area (Å²) in [6, 6.07) is 12.5. The van der Waals surface area contributed by atoms with Gasteiger partial charge in [-0.25, -0.2) is 0 Å². The lowest BCUT2D eigenvalue weighted by molar-refractivity contribution is -0.384.